The van der Waals surface area contributed by atoms with Gasteiger partial charge >= 0.3 is 0 Å². The summed E-state index contributed by atoms with van der Waals surface area (Å²) in [5.41, 5.74) is 2.63. The summed E-state index contributed by atoms with van der Waals surface area (Å²) in [6, 6.07) is 6.20. The molecule has 6 nitrogen and oxygen atoms in total. The molecule has 0 bridgehead atoms. The third-order valence-electron chi connectivity index (χ3n) is 6.68. The van der Waals surface area contributed by atoms with Crippen molar-refractivity contribution in [3.63, 3.8) is 0 Å². The number of aliphatic hydroxyl groups excluding tert-OH is 1. The van der Waals surface area contributed by atoms with E-state index in [-0.39, 0.29) is 17.6 Å². The molecule has 1 aromatic heterocycles. The van der Waals surface area contributed by atoms with Gasteiger partial charge in [-0.25, -0.2) is 4.98 Å². The van der Waals surface area contributed by atoms with Gasteiger partial charge in [0.15, 0.2) is 0 Å². The van der Waals surface area contributed by atoms with Crippen molar-refractivity contribution in [3.8, 4) is 0 Å². The number of halogens is 1. The first-order valence-electron chi connectivity index (χ1n) is 10.0. The Morgan fingerprint density at radius 2 is 2.03 bits per heavy atom. The van der Waals surface area contributed by atoms with Crippen molar-refractivity contribution in [2.24, 2.45) is 5.41 Å². The quantitative estimate of drug-likeness (QED) is 0.756. The number of nitrogens with zero attached hydrogens (tertiary/aromatic N) is 3. The molecular formula is C21H25ClN4O2S. The monoisotopic (exact) mass is 432 g/mol. The van der Waals surface area contributed by atoms with E-state index in [4.69, 9.17) is 16.6 Å². The SMILES string of the molecule is C[S@@](=O)c1cnc(N2CC3(Cc4ccc(Cl)cc4C3)C2)nc1NC1(CO)CCC1. The molecule has 2 aromatic rings. The van der Waals surface area contributed by atoms with Crippen molar-refractivity contribution in [2.45, 2.75) is 42.5 Å². The fourth-order valence-electron chi connectivity index (χ4n) is 4.92. The summed E-state index contributed by atoms with van der Waals surface area (Å²) in [5, 5.41) is 14.0. The number of aromatic nitrogens is 2. The molecule has 2 aliphatic carbocycles. The zero-order valence-electron chi connectivity index (χ0n) is 16.4. The molecule has 5 rings (SSSR count). The zero-order valence-corrected chi connectivity index (χ0v) is 18.0. The Morgan fingerprint density at radius 3 is 2.69 bits per heavy atom. The van der Waals surface area contributed by atoms with Gasteiger partial charge in [-0.2, -0.15) is 4.98 Å². The summed E-state index contributed by atoms with van der Waals surface area (Å²) < 4.78 is 12.2. The van der Waals surface area contributed by atoms with Gasteiger partial charge in [0, 0.05) is 29.8 Å². The maximum Gasteiger partial charge on any atom is 0.227 e. The molecule has 0 amide bonds. The lowest BCUT2D eigenvalue weighted by Gasteiger charge is -2.48. The minimum absolute atomic E-state index is 0.0514. The number of aliphatic hydroxyl groups is 1. The Hall–Kier alpha value is -1.70. The highest BCUT2D eigenvalue weighted by Crippen LogP contribution is 2.45. The third-order valence-corrected chi connectivity index (χ3v) is 7.84. The molecule has 3 aliphatic rings. The van der Waals surface area contributed by atoms with E-state index in [0.717, 1.165) is 50.2 Å². The van der Waals surface area contributed by atoms with Crippen LogP contribution in [-0.2, 0) is 23.6 Å². The van der Waals surface area contributed by atoms with Crippen LogP contribution < -0.4 is 10.2 Å². The number of fused-ring (bicyclic) bond motifs is 1. The summed E-state index contributed by atoms with van der Waals surface area (Å²) in [6.07, 6.45) is 8.27. The zero-order chi connectivity index (χ0) is 20.2. The number of anilines is 2. The third kappa shape index (κ3) is 3.33. The molecule has 2 fully saturated rings. The maximum atomic E-state index is 12.2. The lowest BCUT2D eigenvalue weighted by atomic mass is 9.77. The maximum absolute atomic E-state index is 12.2. The standard InChI is InChI=1S/C21H25ClN4O2S/c1-29(28)17-10-23-19(24-18(17)25-21(13-27)5-2-6-21)26-11-20(12-26)8-14-3-4-16(22)7-15(14)9-20/h3-4,7,10,27H,2,5-6,8-9,11-13H2,1H3,(H,23,24,25)/t29-/m1/s1. The van der Waals surface area contributed by atoms with E-state index in [2.05, 4.69) is 27.3 Å². The fraction of sp³-hybridized carbons (Fsp3) is 0.524. The van der Waals surface area contributed by atoms with Crippen LogP contribution in [-0.4, -0.2) is 50.8 Å². The molecule has 2 heterocycles. The van der Waals surface area contributed by atoms with Crippen LogP contribution in [0.3, 0.4) is 0 Å². The van der Waals surface area contributed by atoms with Crippen molar-refractivity contribution >= 4 is 34.2 Å². The van der Waals surface area contributed by atoms with Gasteiger partial charge in [0.2, 0.25) is 5.95 Å². The van der Waals surface area contributed by atoms with Crippen molar-refractivity contribution < 1.29 is 9.32 Å². The van der Waals surface area contributed by atoms with Gasteiger partial charge in [0.05, 0.1) is 34.0 Å². The predicted molar refractivity (Wildman–Crippen MR) is 115 cm³/mol. The molecule has 1 saturated heterocycles. The summed E-state index contributed by atoms with van der Waals surface area (Å²) in [7, 11) is -1.20. The summed E-state index contributed by atoms with van der Waals surface area (Å²) in [4.78, 5) is 12.0. The van der Waals surface area contributed by atoms with Crippen molar-refractivity contribution in [1.82, 2.24) is 9.97 Å². The largest absolute Gasteiger partial charge is 0.394 e. The number of rotatable bonds is 5. The highest BCUT2D eigenvalue weighted by molar-refractivity contribution is 7.84. The van der Waals surface area contributed by atoms with E-state index in [0.29, 0.717) is 16.7 Å². The first-order chi connectivity index (χ1) is 13.9. The van der Waals surface area contributed by atoms with E-state index in [1.165, 1.54) is 11.1 Å². The Morgan fingerprint density at radius 1 is 1.28 bits per heavy atom. The molecule has 29 heavy (non-hydrogen) atoms. The molecule has 1 aromatic carbocycles. The van der Waals surface area contributed by atoms with Crippen molar-refractivity contribution in [2.75, 3.05) is 36.2 Å². The molecule has 2 N–H and O–H groups in total. The van der Waals surface area contributed by atoms with E-state index in [9.17, 15) is 9.32 Å². The van der Waals surface area contributed by atoms with Gasteiger partial charge in [-0.15, -0.1) is 0 Å². The minimum Gasteiger partial charge on any atom is -0.394 e. The Kier molecular flexibility index (Phi) is 4.60. The molecule has 0 radical (unpaired) electrons. The van der Waals surface area contributed by atoms with E-state index < -0.39 is 10.8 Å². The van der Waals surface area contributed by atoms with Crippen LogP contribution >= 0.6 is 11.6 Å². The lowest BCUT2D eigenvalue weighted by Crippen LogP contribution is -2.57. The van der Waals surface area contributed by atoms with Gasteiger partial charge in [-0.05, 0) is 55.4 Å². The second-order valence-electron chi connectivity index (χ2n) is 8.88. The predicted octanol–water partition coefficient (Wildman–Crippen LogP) is 2.80. The average Bonchev–Trinajstić information content (AvgIpc) is 3.02. The van der Waals surface area contributed by atoms with E-state index in [1.807, 2.05) is 6.07 Å². The average molecular weight is 433 g/mol. The van der Waals surface area contributed by atoms with Gasteiger partial charge in [0.1, 0.15) is 5.82 Å². The van der Waals surface area contributed by atoms with Gasteiger partial charge < -0.3 is 15.3 Å². The Labute approximate surface area is 178 Å². The van der Waals surface area contributed by atoms with Crippen molar-refractivity contribution in [1.29, 1.82) is 0 Å². The molecule has 154 valence electrons. The molecule has 1 spiro atoms. The Bertz CT molecular complexity index is 983. The number of hydrogen-bond acceptors (Lipinski definition) is 6. The molecule has 0 unspecified atom stereocenters. The second kappa shape index (κ2) is 6.93. The summed E-state index contributed by atoms with van der Waals surface area (Å²) >= 11 is 6.16. The fourth-order valence-corrected chi connectivity index (χ4v) is 5.69. The molecular weight excluding hydrogens is 408 g/mol. The summed E-state index contributed by atoms with van der Waals surface area (Å²) in [6.45, 7) is 1.85. The van der Waals surface area contributed by atoms with Crippen LogP contribution in [0.25, 0.3) is 0 Å². The molecule has 1 atom stereocenters. The van der Waals surface area contributed by atoms with Gasteiger partial charge in [0.25, 0.3) is 0 Å². The van der Waals surface area contributed by atoms with E-state index >= 15 is 0 Å². The Balaban J connectivity index is 1.35. The van der Waals surface area contributed by atoms with Gasteiger partial charge in [-0.3, -0.25) is 4.21 Å². The number of hydrogen-bond donors (Lipinski definition) is 2. The smallest absolute Gasteiger partial charge is 0.227 e. The number of benzene rings is 1. The van der Waals surface area contributed by atoms with E-state index in [1.54, 1.807) is 12.5 Å². The van der Waals surface area contributed by atoms with Crippen LogP contribution in [0, 0.1) is 5.41 Å². The second-order valence-corrected chi connectivity index (χ2v) is 10.7. The molecule has 8 heteroatoms. The highest BCUT2D eigenvalue weighted by atomic mass is 35.5. The highest BCUT2D eigenvalue weighted by Gasteiger charge is 2.48. The minimum atomic E-state index is -1.20. The normalized spacial score (nSPS) is 22.0. The van der Waals surface area contributed by atoms with Crippen LogP contribution in [0.4, 0.5) is 11.8 Å². The lowest BCUT2D eigenvalue weighted by molar-refractivity contribution is 0.143. The summed E-state index contributed by atoms with van der Waals surface area (Å²) in [5.74, 6) is 1.25. The van der Waals surface area contributed by atoms with Crippen LogP contribution in [0.15, 0.2) is 29.3 Å². The molecule has 1 aliphatic heterocycles. The first-order valence-corrected chi connectivity index (χ1v) is 12.0. The van der Waals surface area contributed by atoms with Crippen LogP contribution in [0.5, 0.6) is 0 Å². The molecule has 1 saturated carbocycles. The van der Waals surface area contributed by atoms with Crippen molar-refractivity contribution in [3.05, 3.63) is 40.5 Å². The van der Waals surface area contributed by atoms with Gasteiger partial charge in [-0.1, -0.05) is 17.7 Å². The topological polar surface area (TPSA) is 78.4 Å². The number of nitrogens with one attached hydrogen (secondary N) is 1. The first kappa shape index (κ1) is 19.3. The van der Waals surface area contributed by atoms with Crippen LogP contribution in [0.1, 0.15) is 30.4 Å². The van der Waals surface area contributed by atoms with Crippen LogP contribution in [0.2, 0.25) is 5.02 Å².